The summed E-state index contributed by atoms with van der Waals surface area (Å²) >= 11 is 7.51. The first-order valence-electron chi connectivity index (χ1n) is 7.10. The van der Waals surface area contributed by atoms with Crippen LogP contribution in [0.5, 0.6) is 0 Å². The molecule has 1 aliphatic heterocycles. The first-order chi connectivity index (χ1) is 9.46. The second kappa shape index (κ2) is 6.60. The van der Waals surface area contributed by atoms with Crippen LogP contribution in [0.25, 0.3) is 0 Å². The van der Waals surface area contributed by atoms with Gasteiger partial charge in [-0.1, -0.05) is 6.92 Å². The van der Waals surface area contributed by atoms with Crippen molar-refractivity contribution in [3.8, 4) is 0 Å². The summed E-state index contributed by atoms with van der Waals surface area (Å²) in [7, 11) is 0. The highest BCUT2D eigenvalue weighted by molar-refractivity contribution is 8.00. The fourth-order valence-electron chi connectivity index (χ4n) is 2.57. The number of aliphatic hydroxyl groups excluding tert-OH is 1. The number of thioether (sulfide) groups is 1. The lowest BCUT2D eigenvalue weighted by atomic mass is 10.2. The van der Waals surface area contributed by atoms with Gasteiger partial charge in [0.2, 0.25) is 0 Å². The van der Waals surface area contributed by atoms with Crippen LogP contribution in [0.15, 0.2) is 0 Å². The number of aromatic nitrogens is 3. The number of hydrogen-bond donors (Lipinski definition) is 1. The Balaban J connectivity index is 2.15. The Morgan fingerprint density at radius 3 is 2.80 bits per heavy atom. The van der Waals surface area contributed by atoms with Gasteiger partial charge in [-0.3, -0.25) is 4.90 Å². The van der Waals surface area contributed by atoms with Gasteiger partial charge in [0.1, 0.15) is 6.61 Å². The van der Waals surface area contributed by atoms with Crippen molar-refractivity contribution in [2.24, 2.45) is 0 Å². The van der Waals surface area contributed by atoms with Crippen molar-refractivity contribution in [2.75, 3.05) is 18.8 Å². The zero-order chi connectivity index (χ0) is 14.8. The molecule has 0 aromatic carbocycles. The highest BCUT2D eigenvalue weighted by Gasteiger charge is 2.27. The summed E-state index contributed by atoms with van der Waals surface area (Å²) in [6.07, 6.45) is 0.986. The molecule has 5 nitrogen and oxygen atoms in total. The predicted octanol–water partition coefficient (Wildman–Crippen LogP) is 2.10. The van der Waals surface area contributed by atoms with Gasteiger partial charge in [-0.05, 0) is 32.5 Å². The molecule has 1 aliphatic rings. The number of rotatable bonds is 5. The molecule has 0 saturated carbocycles. The summed E-state index contributed by atoms with van der Waals surface area (Å²) in [6.45, 7) is 10.2. The molecule has 0 unspecified atom stereocenters. The van der Waals surface area contributed by atoms with Crippen molar-refractivity contribution in [1.29, 1.82) is 0 Å². The largest absolute Gasteiger partial charge is 0.388 e. The smallest absolute Gasteiger partial charge is 0.199 e. The Labute approximate surface area is 130 Å². The van der Waals surface area contributed by atoms with Crippen LogP contribution < -0.4 is 0 Å². The summed E-state index contributed by atoms with van der Waals surface area (Å²) in [5.74, 6) is 1.81. The van der Waals surface area contributed by atoms with Gasteiger partial charge in [0.25, 0.3) is 0 Å². The summed E-state index contributed by atoms with van der Waals surface area (Å²) < 4.78 is 4.79. The zero-order valence-corrected chi connectivity index (χ0v) is 14.1. The van der Waals surface area contributed by atoms with E-state index in [9.17, 15) is 5.11 Å². The average molecular weight is 316 g/mol. The molecule has 114 valence electrons. The first kappa shape index (κ1) is 16.0. The van der Waals surface area contributed by atoms with E-state index in [1.165, 1.54) is 0 Å². The highest BCUT2D eigenvalue weighted by Crippen LogP contribution is 2.29. The molecule has 0 bridgehead atoms. The lowest BCUT2D eigenvalue weighted by Gasteiger charge is -2.37. The van der Waals surface area contributed by atoms with Crippen LogP contribution >= 0.6 is 24.0 Å². The summed E-state index contributed by atoms with van der Waals surface area (Å²) in [5.41, 5.74) is 0. The topological polar surface area (TPSA) is 46.2 Å². The van der Waals surface area contributed by atoms with Crippen molar-refractivity contribution in [2.45, 2.75) is 51.8 Å². The van der Waals surface area contributed by atoms with Crippen molar-refractivity contribution in [3.63, 3.8) is 0 Å². The molecule has 1 saturated heterocycles. The lowest BCUT2D eigenvalue weighted by molar-refractivity contribution is 0.194. The Morgan fingerprint density at radius 1 is 1.45 bits per heavy atom. The van der Waals surface area contributed by atoms with Gasteiger partial charge in [0.15, 0.2) is 10.6 Å². The Hall–Kier alpha value is -0.370. The number of aliphatic hydroxyl groups is 1. The van der Waals surface area contributed by atoms with Gasteiger partial charge in [-0.2, -0.15) is 16.9 Å². The molecule has 1 N–H and O–H groups in total. The van der Waals surface area contributed by atoms with Gasteiger partial charge in [-0.15, -0.1) is 0 Å². The van der Waals surface area contributed by atoms with Gasteiger partial charge in [-0.25, -0.2) is 4.68 Å². The molecule has 2 heterocycles. The van der Waals surface area contributed by atoms with Gasteiger partial charge < -0.3 is 9.67 Å². The van der Waals surface area contributed by atoms with E-state index in [-0.39, 0.29) is 11.4 Å². The maximum Gasteiger partial charge on any atom is 0.199 e. The standard InChI is InChI=1S/C13H24N4OS2/c1-4-5-16-11(8-18)14-17(12(16)19)10-15-6-7-20-13(2,3)9-15/h18H,4-10H2,1-3H3. The van der Waals surface area contributed by atoms with Gasteiger partial charge >= 0.3 is 0 Å². The normalized spacial score (nSPS) is 19.4. The molecule has 1 aromatic heterocycles. The first-order valence-corrected chi connectivity index (χ1v) is 8.50. The van der Waals surface area contributed by atoms with Crippen LogP contribution in [-0.4, -0.2) is 47.9 Å². The summed E-state index contributed by atoms with van der Waals surface area (Å²) in [4.78, 5) is 2.39. The molecule has 2 rings (SSSR count). The van der Waals surface area contributed by atoms with Crippen LogP contribution in [0.3, 0.4) is 0 Å². The third-order valence-corrected chi connectivity index (χ3v) is 5.16. The number of nitrogens with zero attached hydrogens (tertiary/aromatic N) is 4. The molecule has 0 atom stereocenters. The van der Waals surface area contributed by atoms with E-state index in [2.05, 4.69) is 30.8 Å². The van der Waals surface area contributed by atoms with Crippen molar-refractivity contribution in [1.82, 2.24) is 19.2 Å². The minimum absolute atomic E-state index is 0.0576. The minimum Gasteiger partial charge on any atom is -0.388 e. The predicted molar refractivity (Wildman–Crippen MR) is 85.4 cm³/mol. The lowest BCUT2D eigenvalue weighted by Crippen LogP contribution is -2.43. The molecule has 0 spiro atoms. The average Bonchev–Trinajstić information content (AvgIpc) is 2.67. The van der Waals surface area contributed by atoms with Gasteiger partial charge in [0.05, 0.1) is 6.67 Å². The molecule has 0 aliphatic carbocycles. The van der Waals surface area contributed by atoms with Crippen molar-refractivity contribution in [3.05, 3.63) is 10.6 Å². The summed E-state index contributed by atoms with van der Waals surface area (Å²) in [5, 5.41) is 13.9. The van der Waals surface area contributed by atoms with E-state index in [0.717, 1.165) is 31.8 Å². The molecular weight excluding hydrogens is 292 g/mol. The SMILES string of the molecule is CCCn1c(CO)nn(CN2CCSC(C)(C)C2)c1=S. The van der Waals surface area contributed by atoms with Crippen LogP contribution in [0, 0.1) is 4.77 Å². The maximum absolute atomic E-state index is 9.41. The summed E-state index contributed by atoms with van der Waals surface area (Å²) in [6, 6.07) is 0. The van der Waals surface area contributed by atoms with Crippen molar-refractivity contribution >= 4 is 24.0 Å². The third kappa shape index (κ3) is 3.63. The Bertz CT molecular complexity index is 509. The molecule has 1 aromatic rings. The molecule has 0 radical (unpaired) electrons. The second-order valence-electron chi connectivity index (χ2n) is 5.81. The second-order valence-corrected chi connectivity index (χ2v) is 7.98. The van der Waals surface area contributed by atoms with Crippen LogP contribution in [0.2, 0.25) is 0 Å². The van der Waals surface area contributed by atoms with Crippen LogP contribution in [0.4, 0.5) is 0 Å². The number of hydrogen-bond acceptors (Lipinski definition) is 5. The fraction of sp³-hybridized carbons (Fsp3) is 0.846. The van der Waals surface area contributed by atoms with E-state index in [4.69, 9.17) is 12.2 Å². The maximum atomic E-state index is 9.41. The molecule has 20 heavy (non-hydrogen) atoms. The van der Waals surface area contributed by atoms with E-state index in [1.807, 2.05) is 21.0 Å². The fourth-order valence-corrected chi connectivity index (χ4v) is 4.04. The monoisotopic (exact) mass is 316 g/mol. The highest BCUT2D eigenvalue weighted by atomic mass is 32.2. The van der Waals surface area contributed by atoms with E-state index in [0.29, 0.717) is 17.3 Å². The Kier molecular flexibility index (Phi) is 5.28. The molecular formula is C13H24N4OS2. The van der Waals surface area contributed by atoms with Crippen LogP contribution in [0.1, 0.15) is 33.0 Å². The quantitative estimate of drug-likeness (QED) is 0.843. The van der Waals surface area contributed by atoms with Gasteiger partial charge in [0, 0.05) is 30.1 Å². The third-order valence-electron chi connectivity index (χ3n) is 3.43. The van der Waals surface area contributed by atoms with E-state index < -0.39 is 0 Å². The van der Waals surface area contributed by atoms with E-state index >= 15 is 0 Å². The Morgan fingerprint density at radius 2 is 2.20 bits per heavy atom. The van der Waals surface area contributed by atoms with E-state index in [1.54, 1.807) is 0 Å². The molecule has 1 fully saturated rings. The molecule has 0 amide bonds. The van der Waals surface area contributed by atoms with Crippen molar-refractivity contribution < 1.29 is 5.11 Å². The van der Waals surface area contributed by atoms with Crippen LogP contribution in [-0.2, 0) is 19.8 Å². The molecule has 7 heteroatoms. The minimum atomic E-state index is -0.0576. The zero-order valence-electron chi connectivity index (χ0n) is 12.5.